The molecule has 0 radical (unpaired) electrons. The standard InChI is InChI=1S/C41H60N10O12/c1-6-22(4)35(45-20-25-9-7-8-10-26(25)42)41(61)50-29(17-21(2)3)39(59)48-28(12-15-33(43)53)38(58)46-23(5)37(57)49-30(18-24-11-14-32(52)31(19-24)51(62)63)40(60)47-27(36(44)56)13-16-34(54)55/h7-11,14,19,21-23,27-30,35,45,52H,6,12-13,15-18,20,42H2,1-5H3,(H2,43,53)(H2,44,56)(H,46,58)(H,47,60)(H,48,59)(H,49,57)(H,50,61)(H,54,55)/t22-,23-,27-,28-,29-,30-,35-/m0/s1. The molecule has 0 aliphatic heterocycles. The van der Waals surface area contributed by atoms with Gasteiger partial charge in [0.25, 0.3) is 0 Å². The number of phenols is 1. The van der Waals surface area contributed by atoms with E-state index in [2.05, 4.69) is 31.9 Å². The zero-order valence-corrected chi connectivity index (χ0v) is 36.0. The quantitative estimate of drug-likeness (QED) is 0.0313. The van der Waals surface area contributed by atoms with Crippen molar-refractivity contribution < 1.29 is 53.5 Å². The van der Waals surface area contributed by atoms with Gasteiger partial charge in [0.2, 0.25) is 41.4 Å². The fraction of sp³-hybridized carbons (Fsp3) is 0.512. The number of aliphatic carboxylic acids is 1. The highest BCUT2D eigenvalue weighted by Crippen LogP contribution is 2.27. The fourth-order valence-electron chi connectivity index (χ4n) is 6.28. The molecular weight excluding hydrogens is 825 g/mol. The number of amides is 7. The van der Waals surface area contributed by atoms with Crippen molar-refractivity contribution in [1.29, 1.82) is 0 Å². The average Bonchev–Trinajstić information content (AvgIpc) is 3.20. The number of carbonyl (C=O) groups excluding carboxylic acids is 7. The molecule has 0 saturated heterocycles. The van der Waals surface area contributed by atoms with Crippen molar-refractivity contribution >= 4 is 58.7 Å². The second kappa shape index (κ2) is 25.2. The van der Waals surface area contributed by atoms with E-state index in [1.807, 2.05) is 39.8 Å². The Hall–Kier alpha value is -6.84. The lowest BCUT2D eigenvalue weighted by molar-refractivity contribution is -0.385. The molecule has 346 valence electrons. The van der Waals surface area contributed by atoms with Crippen molar-refractivity contribution in [2.24, 2.45) is 23.3 Å². The highest BCUT2D eigenvalue weighted by Gasteiger charge is 2.33. The maximum Gasteiger partial charge on any atom is 0.310 e. The smallest absolute Gasteiger partial charge is 0.310 e. The summed E-state index contributed by atoms with van der Waals surface area (Å²) in [5.74, 6) is -8.39. The number of nitrogens with one attached hydrogen (secondary N) is 6. The molecule has 0 unspecified atom stereocenters. The highest BCUT2D eigenvalue weighted by atomic mass is 16.6. The molecule has 2 aromatic carbocycles. The van der Waals surface area contributed by atoms with Gasteiger partial charge in [0.15, 0.2) is 5.75 Å². The molecule has 7 amide bonds. The Morgan fingerprint density at radius 3 is 1.89 bits per heavy atom. The molecule has 0 saturated carbocycles. The Labute approximate surface area is 364 Å². The molecule has 14 N–H and O–H groups in total. The fourth-order valence-corrected chi connectivity index (χ4v) is 6.28. The topological polar surface area (TPSA) is 370 Å². The number of phenolic OH excluding ortho intramolecular Hbond substituents is 1. The number of anilines is 1. The second-order valence-electron chi connectivity index (χ2n) is 15.7. The molecule has 0 aromatic heterocycles. The monoisotopic (exact) mass is 884 g/mol. The largest absolute Gasteiger partial charge is 0.502 e. The first-order chi connectivity index (χ1) is 29.5. The van der Waals surface area contributed by atoms with Gasteiger partial charge in [-0.2, -0.15) is 0 Å². The van der Waals surface area contributed by atoms with E-state index in [1.165, 1.54) is 13.0 Å². The third-order valence-corrected chi connectivity index (χ3v) is 10.1. The maximum atomic E-state index is 13.9. The molecule has 0 aliphatic carbocycles. The van der Waals surface area contributed by atoms with E-state index in [0.29, 0.717) is 12.1 Å². The van der Waals surface area contributed by atoms with Gasteiger partial charge in [-0.3, -0.25) is 48.5 Å². The molecule has 2 rings (SSSR count). The first kappa shape index (κ1) is 52.3. The summed E-state index contributed by atoms with van der Waals surface area (Å²) < 4.78 is 0. The minimum Gasteiger partial charge on any atom is -0.502 e. The van der Waals surface area contributed by atoms with Crippen LogP contribution >= 0.6 is 0 Å². The van der Waals surface area contributed by atoms with Crippen molar-refractivity contribution in [3.05, 3.63) is 63.7 Å². The molecule has 0 bridgehead atoms. The summed E-state index contributed by atoms with van der Waals surface area (Å²) in [6.45, 7) is 8.93. The number of primary amides is 2. The Morgan fingerprint density at radius 2 is 1.32 bits per heavy atom. The molecule has 22 heteroatoms. The van der Waals surface area contributed by atoms with Gasteiger partial charge in [0.05, 0.1) is 11.0 Å². The summed E-state index contributed by atoms with van der Waals surface area (Å²) in [6.07, 6.45) is -1.34. The molecule has 0 fully saturated rings. The van der Waals surface area contributed by atoms with Gasteiger partial charge < -0.3 is 59.3 Å². The Kier molecular flexibility index (Phi) is 20.9. The number of para-hydroxylation sites is 1. The predicted octanol–water partition coefficient (Wildman–Crippen LogP) is -0.265. The van der Waals surface area contributed by atoms with Crippen LogP contribution in [-0.4, -0.2) is 98.7 Å². The van der Waals surface area contributed by atoms with Crippen LogP contribution in [-0.2, 0) is 51.3 Å². The SMILES string of the molecule is CC[C@H](C)[C@H](NCc1ccccc1N)C(=O)N[C@@H](CC(C)C)C(=O)N[C@@H](CCC(N)=O)C(=O)N[C@@H](C)C(=O)N[C@@H](Cc1ccc(O)c([N+](=O)[O-])c1)C(=O)N[C@@H](CCC(=O)O)C(N)=O. The van der Waals surface area contributed by atoms with Gasteiger partial charge in [0, 0.05) is 37.6 Å². The van der Waals surface area contributed by atoms with E-state index in [1.54, 1.807) is 12.1 Å². The van der Waals surface area contributed by atoms with Gasteiger partial charge >= 0.3 is 11.7 Å². The number of carbonyl (C=O) groups is 8. The Bertz CT molecular complexity index is 1980. The molecule has 0 spiro atoms. The number of nitro groups is 1. The summed E-state index contributed by atoms with van der Waals surface area (Å²) in [5.41, 5.74) is 17.5. The summed E-state index contributed by atoms with van der Waals surface area (Å²) in [4.78, 5) is 114. The summed E-state index contributed by atoms with van der Waals surface area (Å²) in [5, 5.41) is 46.2. The highest BCUT2D eigenvalue weighted by molar-refractivity contribution is 5.97. The predicted molar refractivity (Wildman–Crippen MR) is 229 cm³/mol. The number of carboxylic acids is 1. The number of nitrogen functional groups attached to an aromatic ring is 1. The Morgan fingerprint density at radius 1 is 0.746 bits per heavy atom. The average molecular weight is 885 g/mol. The lowest BCUT2D eigenvalue weighted by Crippen LogP contribution is -2.59. The van der Waals surface area contributed by atoms with Crippen LogP contribution in [0.4, 0.5) is 11.4 Å². The normalized spacial score (nSPS) is 14.4. The van der Waals surface area contributed by atoms with Crippen LogP contribution in [0.2, 0.25) is 0 Å². The number of nitrogens with two attached hydrogens (primary N) is 3. The number of nitro benzene ring substituents is 1. The second-order valence-corrected chi connectivity index (χ2v) is 15.7. The molecular formula is C41H60N10O12. The van der Waals surface area contributed by atoms with E-state index >= 15 is 0 Å². The number of hydrogen-bond acceptors (Lipinski definition) is 13. The molecule has 7 atom stereocenters. The van der Waals surface area contributed by atoms with Crippen LogP contribution in [0.1, 0.15) is 84.3 Å². The Balaban J connectivity index is 2.34. The van der Waals surface area contributed by atoms with Crippen molar-refractivity contribution in [2.75, 3.05) is 5.73 Å². The molecule has 2 aromatic rings. The van der Waals surface area contributed by atoms with Crippen LogP contribution in [0.5, 0.6) is 5.75 Å². The van der Waals surface area contributed by atoms with Crippen LogP contribution < -0.4 is 49.1 Å². The maximum absolute atomic E-state index is 13.9. The minimum absolute atomic E-state index is 0.0715. The van der Waals surface area contributed by atoms with E-state index in [4.69, 9.17) is 22.3 Å². The number of aromatic hydroxyl groups is 1. The number of nitrogens with zero attached hydrogens (tertiary/aromatic N) is 1. The molecule has 0 aliphatic rings. The van der Waals surface area contributed by atoms with Gasteiger partial charge in [-0.05, 0) is 61.3 Å². The third kappa shape index (κ3) is 17.6. The number of rotatable bonds is 27. The van der Waals surface area contributed by atoms with Gasteiger partial charge in [0.1, 0.15) is 30.2 Å². The number of hydrogen-bond donors (Lipinski definition) is 11. The van der Waals surface area contributed by atoms with E-state index in [-0.39, 0.29) is 43.2 Å². The van der Waals surface area contributed by atoms with Crippen LogP contribution in [0, 0.1) is 22.0 Å². The zero-order valence-electron chi connectivity index (χ0n) is 36.0. The zero-order chi connectivity index (χ0) is 47.6. The number of carboxylic acid groups (broad SMARTS) is 1. The van der Waals surface area contributed by atoms with Gasteiger partial charge in [-0.25, -0.2) is 0 Å². The van der Waals surface area contributed by atoms with Crippen molar-refractivity contribution in [3.8, 4) is 5.75 Å². The number of benzene rings is 2. The molecule has 0 heterocycles. The van der Waals surface area contributed by atoms with E-state index < -0.39 is 119 Å². The van der Waals surface area contributed by atoms with E-state index in [0.717, 1.165) is 17.7 Å². The summed E-state index contributed by atoms with van der Waals surface area (Å²) in [6, 6.07) is 2.42. The van der Waals surface area contributed by atoms with Gasteiger partial charge in [-0.15, -0.1) is 0 Å². The van der Waals surface area contributed by atoms with Crippen molar-refractivity contribution in [1.82, 2.24) is 31.9 Å². The van der Waals surface area contributed by atoms with Gasteiger partial charge in [-0.1, -0.05) is 58.4 Å². The first-order valence-electron chi connectivity index (χ1n) is 20.4. The van der Waals surface area contributed by atoms with Crippen LogP contribution in [0.3, 0.4) is 0 Å². The molecule has 63 heavy (non-hydrogen) atoms. The summed E-state index contributed by atoms with van der Waals surface area (Å²) >= 11 is 0. The lowest BCUT2D eigenvalue weighted by Gasteiger charge is -2.29. The first-order valence-corrected chi connectivity index (χ1v) is 20.4. The van der Waals surface area contributed by atoms with Crippen LogP contribution in [0.25, 0.3) is 0 Å². The molecule has 22 nitrogen and oxygen atoms in total. The third-order valence-electron chi connectivity index (χ3n) is 10.1. The van der Waals surface area contributed by atoms with Crippen LogP contribution in [0.15, 0.2) is 42.5 Å². The van der Waals surface area contributed by atoms with Crippen molar-refractivity contribution in [2.45, 2.75) is 122 Å². The van der Waals surface area contributed by atoms with E-state index in [9.17, 15) is 53.6 Å². The summed E-state index contributed by atoms with van der Waals surface area (Å²) in [7, 11) is 0. The minimum atomic E-state index is -1.61. The lowest BCUT2D eigenvalue weighted by atomic mass is 9.96. The van der Waals surface area contributed by atoms with Crippen molar-refractivity contribution in [3.63, 3.8) is 0 Å².